The van der Waals surface area contributed by atoms with Crippen LogP contribution in [-0.4, -0.2) is 33.5 Å². The third-order valence-corrected chi connectivity index (χ3v) is 7.24. The highest BCUT2D eigenvalue weighted by molar-refractivity contribution is 7.18. The van der Waals surface area contributed by atoms with Gasteiger partial charge in [-0.2, -0.15) is 0 Å². The molecule has 2 unspecified atom stereocenters. The van der Waals surface area contributed by atoms with Crippen molar-refractivity contribution in [1.82, 2.24) is 9.88 Å². The van der Waals surface area contributed by atoms with Gasteiger partial charge < -0.3 is 9.84 Å². The largest absolute Gasteiger partial charge is 0.489 e. The van der Waals surface area contributed by atoms with Crippen molar-refractivity contribution in [3.63, 3.8) is 0 Å². The number of nitrogens with zero attached hydrogens (tertiary/aromatic N) is 2. The van der Waals surface area contributed by atoms with Crippen LogP contribution in [0.5, 0.6) is 5.75 Å². The molecule has 4 aromatic rings. The van der Waals surface area contributed by atoms with Crippen molar-refractivity contribution >= 4 is 27.5 Å². The second kappa shape index (κ2) is 9.73. The molecule has 3 aromatic carbocycles. The van der Waals surface area contributed by atoms with E-state index in [4.69, 9.17) is 9.72 Å². The number of fused-ring (bicyclic) bond motifs is 1. The number of para-hydroxylation sites is 1. The summed E-state index contributed by atoms with van der Waals surface area (Å²) in [7, 11) is 0. The monoisotopic (exact) mass is 458 g/mol. The maximum absolute atomic E-state index is 12.1. The van der Waals surface area contributed by atoms with Crippen molar-refractivity contribution < 1.29 is 14.6 Å². The van der Waals surface area contributed by atoms with Crippen molar-refractivity contribution in [3.05, 3.63) is 95.0 Å². The number of benzene rings is 3. The van der Waals surface area contributed by atoms with Crippen LogP contribution in [0.3, 0.4) is 0 Å². The molecule has 1 N–H and O–H groups in total. The molecule has 6 heteroatoms. The zero-order chi connectivity index (χ0) is 22.6. The molecule has 1 fully saturated rings. The molecule has 1 aliphatic rings. The van der Waals surface area contributed by atoms with Crippen LogP contribution in [0.25, 0.3) is 10.2 Å². The van der Waals surface area contributed by atoms with E-state index in [0.29, 0.717) is 13.0 Å². The van der Waals surface area contributed by atoms with E-state index in [2.05, 4.69) is 11.0 Å². The van der Waals surface area contributed by atoms with Gasteiger partial charge in [0.2, 0.25) is 0 Å². The predicted octanol–water partition coefficient (Wildman–Crippen LogP) is 5.90. The normalized spacial score (nSPS) is 17.6. The lowest BCUT2D eigenvalue weighted by Gasteiger charge is -2.38. The molecule has 2 heterocycles. The smallest absolute Gasteiger partial charge is 0.320 e. The molecule has 0 bridgehead atoms. The number of carbonyl (C=O) groups is 1. The van der Waals surface area contributed by atoms with Crippen LogP contribution in [0.2, 0.25) is 0 Å². The third kappa shape index (κ3) is 4.77. The molecule has 0 spiro atoms. The van der Waals surface area contributed by atoms with Crippen molar-refractivity contribution in [3.8, 4) is 5.75 Å². The van der Waals surface area contributed by atoms with E-state index in [0.717, 1.165) is 51.5 Å². The summed E-state index contributed by atoms with van der Waals surface area (Å²) < 4.78 is 7.08. The molecular weight excluding hydrogens is 432 g/mol. The van der Waals surface area contributed by atoms with E-state index < -0.39 is 12.0 Å². The molecule has 168 valence electrons. The summed E-state index contributed by atoms with van der Waals surface area (Å²) >= 11 is 1.64. The van der Waals surface area contributed by atoms with E-state index in [1.54, 1.807) is 11.3 Å². The Morgan fingerprint density at radius 3 is 2.55 bits per heavy atom. The van der Waals surface area contributed by atoms with E-state index >= 15 is 0 Å². The highest BCUT2D eigenvalue weighted by Crippen LogP contribution is 2.38. The number of hydrogen-bond donors (Lipinski definition) is 1. The van der Waals surface area contributed by atoms with Crippen molar-refractivity contribution in [2.24, 2.45) is 0 Å². The molecule has 33 heavy (non-hydrogen) atoms. The summed E-state index contributed by atoms with van der Waals surface area (Å²) in [5, 5.41) is 10.9. The molecule has 5 nitrogen and oxygen atoms in total. The molecule has 1 aromatic heterocycles. The predicted molar refractivity (Wildman–Crippen MR) is 131 cm³/mol. The van der Waals surface area contributed by atoms with Gasteiger partial charge in [-0.15, -0.1) is 11.3 Å². The van der Waals surface area contributed by atoms with Crippen LogP contribution in [0.4, 0.5) is 0 Å². The summed E-state index contributed by atoms with van der Waals surface area (Å²) in [5.74, 6) is 0.0303. The zero-order valence-corrected chi connectivity index (χ0v) is 19.1. The first-order valence-corrected chi connectivity index (χ1v) is 12.1. The number of hydrogen-bond acceptors (Lipinski definition) is 5. The maximum atomic E-state index is 12.1. The van der Waals surface area contributed by atoms with Gasteiger partial charge in [0, 0.05) is 6.54 Å². The van der Waals surface area contributed by atoms with Crippen LogP contribution >= 0.6 is 11.3 Å². The fraction of sp³-hybridized carbons (Fsp3) is 0.259. The second-order valence-electron chi connectivity index (χ2n) is 8.35. The molecule has 0 amide bonds. The highest BCUT2D eigenvalue weighted by atomic mass is 32.1. The van der Waals surface area contributed by atoms with E-state index in [-0.39, 0.29) is 6.04 Å². The third-order valence-electron chi connectivity index (χ3n) is 6.15. The average Bonchev–Trinajstić information content (AvgIpc) is 3.28. The van der Waals surface area contributed by atoms with Crippen molar-refractivity contribution in [1.29, 1.82) is 0 Å². The Morgan fingerprint density at radius 2 is 1.79 bits per heavy atom. The van der Waals surface area contributed by atoms with Gasteiger partial charge in [0.05, 0.1) is 16.3 Å². The number of rotatable bonds is 7. The number of thiazole rings is 1. The van der Waals surface area contributed by atoms with Crippen LogP contribution in [-0.2, 0) is 11.4 Å². The van der Waals surface area contributed by atoms with Gasteiger partial charge >= 0.3 is 5.97 Å². The lowest BCUT2D eigenvalue weighted by atomic mass is 9.96. The van der Waals surface area contributed by atoms with Gasteiger partial charge in [-0.3, -0.25) is 9.69 Å². The molecule has 2 atom stereocenters. The minimum Gasteiger partial charge on any atom is -0.489 e. The molecule has 5 rings (SSSR count). The summed E-state index contributed by atoms with van der Waals surface area (Å²) in [5.41, 5.74) is 3.11. The van der Waals surface area contributed by atoms with Gasteiger partial charge in [-0.05, 0) is 48.2 Å². The van der Waals surface area contributed by atoms with Gasteiger partial charge in [0.1, 0.15) is 23.4 Å². The van der Waals surface area contributed by atoms with E-state index in [9.17, 15) is 9.90 Å². The van der Waals surface area contributed by atoms with E-state index in [1.165, 1.54) is 0 Å². The Morgan fingerprint density at radius 1 is 1.03 bits per heavy atom. The summed E-state index contributed by atoms with van der Waals surface area (Å²) in [6.45, 7) is 1.25. The molecule has 0 saturated carbocycles. The van der Waals surface area contributed by atoms with Crippen LogP contribution < -0.4 is 4.74 Å². The van der Waals surface area contributed by atoms with Crippen molar-refractivity contribution in [2.75, 3.05) is 6.54 Å². The summed E-state index contributed by atoms with van der Waals surface area (Å²) in [4.78, 5) is 19.1. The molecule has 1 saturated heterocycles. The zero-order valence-electron chi connectivity index (χ0n) is 18.3. The summed E-state index contributed by atoms with van der Waals surface area (Å²) in [6.07, 6.45) is 2.59. The number of carboxylic acids is 1. The SMILES string of the molecule is O=C(O)C1CCCCN1C(c1ccc(OCc2ccccc2)cc1)c1nc2ccccc2s1. The maximum Gasteiger partial charge on any atom is 0.320 e. The highest BCUT2D eigenvalue weighted by Gasteiger charge is 2.36. The Bertz CT molecular complexity index is 1190. The van der Waals surface area contributed by atoms with Crippen molar-refractivity contribution in [2.45, 2.75) is 38.0 Å². The first kappa shape index (κ1) is 21.6. The molecule has 0 aliphatic carbocycles. The standard InChI is InChI=1S/C27H26N2O3S/c30-27(31)23-11-6-7-17-29(23)25(26-28-22-10-4-5-12-24(22)33-26)20-13-15-21(16-14-20)32-18-19-8-2-1-3-9-19/h1-5,8-10,12-16,23,25H,6-7,11,17-18H2,(H,30,31). The molecular formula is C27H26N2O3S. The Labute approximate surface area is 197 Å². The molecule has 0 radical (unpaired) electrons. The van der Waals surface area contributed by atoms with Gasteiger partial charge in [-0.1, -0.05) is 61.0 Å². The Balaban J connectivity index is 1.46. The van der Waals surface area contributed by atoms with Gasteiger partial charge in [0.15, 0.2) is 0 Å². The minimum absolute atomic E-state index is 0.202. The Kier molecular flexibility index (Phi) is 6.37. The average molecular weight is 459 g/mol. The quantitative estimate of drug-likeness (QED) is 0.373. The first-order valence-electron chi connectivity index (χ1n) is 11.3. The fourth-order valence-corrected chi connectivity index (χ4v) is 5.62. The second-order valence-corrected chi connectivity index (χ2v) is 9.42. The number of carboxylic acid groups (broad SMARTS) is 1. The number of aliphatic carboxylic acids is 1. The van der Waals surface area contributed by atoms with Gasteiger partial charge in [0.25, 0.3) is 0 Å². The lowest BCUT2D eigenvalue weighted by molar-refractivity contribution is -0.145. The van der Waals surface area contributed by atoms with Crippen LogP contribution in [0.15, 0.2) is 78.9 Å². The minimum atomic E-state index is -0.761. The summed E-state index contributed by atoms with van der Waals surface area (Å²) in [6, 6.07) is 25.5. The number of piperidine rings is 1. The first-order chi connectivity index (χ1) is 16.2. The lowest BCUT2D eigenvalue weighted by Crippen LogP contribution is -2.46. The Hall–Kier alpha value is -3.22. The fourth-order valence-electron chi connectivity index (χ4n) is 4.50. The molecule has 1 aliphatic heterocycles. The van der Waals surface area contributed by atoms with Crippen LogP contribution in [0.1, 0.15) is 41.4 Å². The number of aromatic nitrogens is 1. The number of likely N-dealkylation sites (tertiary alicyclic amines) is 1. The number of ether oxygens (including phenoxy) is 1. The van der Waals surface area contributed by atoms with E-state index in [1.807, 2.05) is 72.8 Å². The van der Waals surface area contributed by atoms with Gasteiger partial charge in [-0.25, -0.2) is 4.98 Å². The topological polar surface area (TPSA) is 62.7 Å². The van der Waals surface area contributed by atoms with Crippen LogP contribution in [0, 0.1) is 0 Å².